The second-order valence-electron chi connectivity index (χ2n) is 12.4. The Labute approximate surface area is 251 Å². The van der Waals surface area contributed by atoms with Crippen molar-refractivity contribution in [2.75, 3.05) is 48.3 Å². The number of carbonyl (C=O) groups is 1. The highest BCUT2D eigenvalue weighted by atomic mass is 19.1. The number of rotatable bonds is 8. The Morgan fingerprint density at radius 2 is 1.79 bits per heavy atom. The van der Waals surface area contributed by atoms with Gasteiger partial charge in [-0.3, -0.25) is 14.6 Å². The first kappa shape index (κ1) is 30.6. The van der Waals surface area contributed by atoms with Crippen molar-refractivity contribution in [3.05, 3.63) is 53.9 Å². The number of aromatic nitrogens is 3. The second-order valence-corrected chi connectivity index (χ2v) is 12.4. The summed E-state index contributed by atoms with van der Waals surface area (Å²) in [5.41, 5.74) is 1.97. The van der Waals surface area contributed by atoms with Crippen LogP contribution in [0.15, 0.2) is 36.7 Å². The van der Waals surface area contributed by atoms with Gasteiger partial charge in [-0.05, 0) is 65.3 Å². The summed E-state index contributed by atoms with van der Waals surface area (Å²) in [6.45, 7) is 15.9. The number of nitrogens with zero attached hydrogens (tertiary/aromatic N) is 6. The van der Waals surface area contributed by atoms with Crippen molar-refractivity contribution in [1.29, 1.82) is 0 Å². The molecular formula is C31H40F2N8O2. The van der Waals surface area contributed by atoms with Gasteiger partial charge in [0.1, 0.15) is 22.9 Å². The number of fused-ring (bicyclic) bond motifs is 1. The maximum absolute atomic E-state index is 15.1. The lowest BCUT2D eigenvalue weighted by Crippen LogP contribution is -2.48. The van der Waals surface area contributed by atoms with Crippen LogP contribution in [0.4, 0.5) is 31.9 Å². The zero-order chi connectivity index (χ0) is 30.9. The number of anilines is 4. The van der Waals surface area contributed by atoms with Crippen molar-refractivity contribution in [2.24, 2.45) is 0 Å². The van der Waals surface area contributed by atoms with Gasteiger partial charge >= 0.3 is 5.97 Å². The molecular weight excluding hydrogens is 554 g/mol. The number of ether oxygens (including phenoxy) is 1. The van der Waals surface area contributed by atoms with Crippen molar-refractivity contribution >= 4 is 29.1 Å². The Bertz CT molecular complexity index is 1450. The first-order valence-corrected chi connectivity index (χ1v) is 14.7. The molecule has 2 N–H and O–H groups in total. The Balaban J connectivity index is 1.20. The molecule has 10 nitrogen and oxygen atoms in total. The molecule has 12 heteroatoms. The highest BCUT2D eigenvalue weighted by Gasteiger charge is 2.31. The normalized spacial score (nSPS) is 17.6. The zero-order valence-corrected chi connectivity index (χ0v) is 25.6. The van der Waals surface area contributed by atoms with Gasteiger partial charge in [0, 0.05) is 50.5 Å². The van der Waals surface area contributed by atoms with Gasteiger partial charge in [0.2, 0.25) is 5.95 Å². The van der Waals surface area contributed by atoms with E-state index in [1.807, 2.05) is 53.7 Å². The smallest absolute Gasteiger partial charge is 0.320 e. The van der Waals surface area contributed by atoms with Crippen LogP contribution >= 0.6 is 0 Å². The molecule has 3 aromatic rings. The van der Waals surface area contributed by atoms with Crippen LogP contribution in [-0.2, 0) is 16.1 Å². The fraction of sp³-hybridized carbons (Fsp3) is 0.484. The largest absolute Gasteiger partial charge is 0.459 e. The Hall–Kier alpha value is -3.90. The molecule has 1 unspecified atom stereocenters. The van der Waals surface area contributed by atoms with E-state index in [1.165, 1.54) is 6.07 Å². The second kappa shape index (κ2) is 12.4. The fourth-order valence-electron chi connectivity index (χ4n) is 5.54. The summed E-state index contributed by atoms with van der Waals surface area (Å²) in [4.78, 5) is 31.5. The third-order valence-electron chi connectivity index (χ3n) is 7.40. The molecule has 230 valence electrons. The minimum atomic E-state index is -0.644. The lowest BCUT2D eigenvalue weighted by molar-refractivity contribution is -0.156. The number of halogens is 2. The maximum Gasteiger partial charge on any atom is 0.320 e. The minimum Gasteiger partial charge on any atom is -0.459 e. The van der Waals surface area contributed by atoms with Crippen molar-refractivity contribution < 1.29 is 18.3 Å². The summed E-state index contributed by atoms with van der Waals surface area (Å²) < 4.78 is 35.4. The van der Waals surface area contributed by atoms with E-state index in [2.05, 4.69) is 40.3 Å². The lowest BCUT2D eigenvalue weighted by Gasteiger charge is -2.34. The SMILES string of the molecule is CC(C)N1c2cc(-c3nc(Nc4ccc(CN5CCN(CC(=O)OC(C)(C)C)CC5)cn4)ncc3F)cc(F)c2NC1C. The maximum atomic E-state index is 15.1. The Morgan fingerprint density at radius 3 is 2.44 bits per heavy atom. The molecule has 1 aromatic carbocycles. The molecule has 0 saturated carbocycles. The fourth-order valence-corrected chi connectivity index (χ4v) is 5.54. The van der Waals surface area contributed by atoms with Gasteiger partial charge in [0.05, 0.1) is 30.3 Å². The molecule has 43 heavy (non-hydrogen) atoms. The monoisotopic (exact) mass is 594 g/mol. The van der Waals surface area contributed by atoms with Crippen LogP contribution in [0.2, 0.25) is 0 Å². The predicted molar refractivity (Wildman–Crippen MR) is 163 cm³/mol. The number of pyridine rings is 1. The van der Waals surface area contributed by atoms with Crippen LogP contribution in [0.5, 0.6) is 0 Å². The molecule has 0 bridgehead atoms. The van der Waals surface area contributed by atoms with Gasteiger partial charge in [-0.25, -0.2) is 23.7 Å². The van der Waals surface area contributed by atoms with Crippen molar-refractivity contribution in [1.82, 2.24) is 24.8 Å². The number of nitrogens with one attached hydrogen (secondary N) is 2. The number of carbonyl (C=O) groups excluding carboxylic acids is 1. The third kappa shape index (κ3) is 7.37. The van der Waals surface area contributed by atoms with Crippen molar-refractivity contribution in [3.63, 3.8) is 0 Å². The molecule has 1 fully saturated rings. The molecule has 2 aliphatic rings. The summed E-state index contributed by atoms with van der Waals surface area (Å²) in [5.74, 6) is -0.639. The summed E-state index contributed by atoms with van der Waals surface area (Å²) >= 11 is 0. The van der Waals surface area contributed by atoms with Crippen LogP contribution in [0.1, 0.15) is 47.1 Å². The number of esters is 1. The topological polar surface area (TPSA) is 98.8 Å². The first-order chi connectivity index (χ1) is 20.4. The highest BCUT2D eigenvalue weighted by molar-refractivity contribution is 5.82. The van der Waals surface area contributed by atoms with E-state index in [0.717, 1.165) is 44.5 Å². The molecule has 0 amide bonds. The van der Waals surface area contributed by atoms with E-state index >= 15 is 4.39 Å². The molecule has 1 atom stereocenters. The van der Waals surface area contributed by atoms with Crippen LogP contribution in [0.3, 0.4) is 0 Å². The van der Waals surface area contributed by atoms with Gasteiger partial charge in [-0.2, -0.15) is 0 Å². The molecule has 0 radical (unpaired) electrons. The molecule has 0 aliphatic carbocycles. The van der Waals surface area contributed by atoms with E-state index in [4.69, 9.17) is 4.74 Å². The third-order valence-corrected chi connectivity index (χ3v) is 7.40. The van der Waals surface area contributed by atoms with Gasteiger partial charge < -0.3 is 20.3 Å². The van der Waals surface area contributed by atoms with Crippen LogP contribution in [-0.4, -0.2) is 81.3 Å². The van der Waals surface area contributed by atoms with Gasteiger partial charge in [-0.15, -0.1) is 0 Å². The van der Waals surface area contributed by atoms with E-state index in [0.29, 0.717) is 29.3 Å². The number of benzene rings is 1. The van der Waals surface area contributed by atoms with Crippen molar-refractivity contribution in [2.45, 2.75) is 65.9 Å². The van der Waals surface area contributed by atoms with Crippen LogP contribution in [0, 0.1) is 11.6 Å². The van der Waals surface area contributed by atoms with E-state index < -0.39 is 17.2 Å². The first-order valence-electron chi connectivity index (χ1n) is 14.7. The van der Waals surface area contributed by atoms with E-state index in [1.54, 1.807) is 12.3 Å². The lowest BCUT2D eigenvalue weighted by atomic mass is 10.1. The van der Waals surface area contributed by atoms with Gasteiger partial charge in [0.25, 0.3) is 0 Å². The summed E-state index contributed by atoms with van der Waals surface area (Å²) in [6, 6.07) is 6.96. The predicted octanol–water partition coefficient (Wildman–Crippen LogP) is 5.01. The van der Waals surface area contributed by atoms with Gasteiger partial charge in [0.15, 0.2) is 5.82 Å². The summed E-state index contributed by atoms with van der Waals surface area (Å²) in [7, 11) is 0. The molecule has 1 saturated heterocycles. The zero-order valence-electron chi connectivity index (χ0n) is 25.6. The summed E-state index contributed by atoms with van der Waals surface area (Å²) in [6.07, 6.45) is 2.77. The number of hydrogen-bond acceptors (Lipinski definition) is 10. The van der Waals surface area contributed by atoms with Crippen LogP contribution in [0.25, 0.3) is 11.3 Å². The average Bonchev–Trinajstić information content (AvgIpc) is 3.27. The van der Waals surface area contributed by atoms with E-state index in [9.17, 15) is 9.18 Å². The van der Waals surface area contributed by atoms with Crippen LogP contribution < -0.4 is 15.5 Å². The molecule has 2 aromatic heterocycles. The molecule has 2 aliphatic heterocycles. The quantitative estimate of drug-likeness (QED) is 0.347. The molecule has 0 spiro atoms. The summed E-state index contributed by atoms with van der Waals surface area (Å²) in [5, 5.41) is 6.19. The van der Waals surface area contributed by atoms with Crippen molar-refractivity contribution in [3.8, 4) is 11.3 Å². The number of hydrogen-bond donors (Lipinski definition) is 2. The molecule has 4 heterocycles. The minimum absolute atomic E-state index is 0.00453. The van der Waals surface area contributed by atoms with Gasteiger partial charge in [-0.1, -0.05) is 6.07 Å². The highest BCUT2D eigenvalue weighted by Crippen LogP contribution is 2.41. The Kier molecular flexibility index (Phi) is 8.79. The number of piperazine rings is 1. The van der Waals surface area contributed by atoms with E-state index in [-0.39, 0.29) is 29.8 Å². The standard InChI is InChI=1S/C31H40F2N8O2/c1-19(2)41-20(3)36-29-23(32)13-22(14-25(29)41)28-24(33)16-35-30(38-28)37-26-8-7-21(15-34-26)17-39-9-11-40(12-10-39)18-27(42)43-31(4,5)6/h7-8,13-16,19-20,36H,9-12,17-18H2,1-6H3,(H,34,35,37,38). The average molecular weight is 595 g/mol. The molecule has 5 rings (SSSR count). The Morgan fingerprint density at radius 1 is 1.07 bits per heavy atom.